The first-order valence-corrected chi connectivity index (χ1v) is 11.1. The molecule has 168 valence electrons. The zero-order valence-corrected chi connectivity index (χ0v) is 17.9. The number of carbonyl (C=O) groups excluding carboxylic acids is 2. The van der Waals surface area contributed by atoms with E-state index in [-0.39, 0.29) is 36.8 Å². The number of aliphatic carboxylic acids is 1. The Morgan fingerprint density at radius 3 is 2.22 bits per heavy atom. The number of nitrogens with one attached hydrogen (secondary N) is 2. The first-order chi connectivity index (χ1) is 15.5. The van der Waals surface area contributed by atoms with Gasteiger partial charge in [0.15, 0.2) is 0 Å². The predicted octanol–water partition coefficient (Wildman–Crippen LogP) is 3.67. The van der Waals surface area contributed by atoms with E-state index in [9.17, 15) is 14.4 Å². The van der Waals surface area contributed by atoms with E-state index in [1.54, 1.807) is 0 Å². The minimum atomic E-state index is -0.861. The number of carboxylic acid groups (broad SMARTS) is 1. The van der Waals surface area contributed by atoms with Crippen LogP contribution in [0.25, 0.3) is 11.1 Å². The Hall–Kier alpha value is -3.35. The Labute approximate surface area is 187 Å². The minimum absolute atomic E-state index is 0.0236. The molecule has 1 fully saturated rings. The standard InChI is InChI=1S/C25H28N2O5/c28-23(26-11-5-10-24(29)30)14-16-12-17(13-16)27-25(31)32-15-22-20-8-3-1-6-18(20)19-7-2-4-9-21(19)22/h1-4,6-9,16-17,22H,5,10-15H2,(H,26,28)(H,27,31)(H,29,30). The summed E-state index contributed by atoms with van der Waals surface area (Å²) in [6.07, 6.45) is 1.94. The summed E-state index contributed by atoms with van der Waals surface area (Å²) in [7, 11) is 0. The third-order valence-corrected chi connectivity index (χ3v) is 6.27. The average Bonchev–Trinajstić information content (AvgIpc) is 3.07. The molecule has 0 heterocycles. The molecular weight excluding hydrogens is 408 g/mol. The number of ether oxygens (including phenoxy) is 1. The van der Waals surface area contributed by atoms with Gasteiger partial charge in [0.25, 0.3) is 0 Å². The number of hydrogen-bond acceptors (Lipinski definition) is 4. The molecule has 4 rings (SSSR count). The summed E-state index contributed by atoms with van der Waals surface area (Å²) in [6.45, 7) is 0.661. The Morgan fingerprint density at radius 2 is 1.59 bits per heavy atom. The highest BCUT2D eigenvalue weighted by Gasteiger charge is 2.33. The van der Waals surface area contributed by atoms with E-state index in [1.807, 2.05) is 24.3 Å². The summed E-state index contributed by atoms with van der Waals surface area (Å²) in [4.78, 5) is 34.7. The van der Waals surface area contributed by atoms with Gasteiger partial charge in [-0.2, -0.15) is 0 Å². The largest absolute Gasteiger partial charge is 0.481 e. The predicted molar refractivity (Wildman–Crippen MR) is 119 cm³/mol. The van der Waals surface area contributed by atoms with Crippen LogP contribution >= 0.6 is 0 Å². The molecule has 0 aromatic heterocycles. The maximum absolute atomic E-state index is 12.3. The van der Waals surface area contributed by atoms with Gasteiger partial charge in [0.05, 0.1) is 0 Å². The number of amides is 2. The topological polar surface area (TPSA) is 105 Å². The van der Waals surface area contributed by atoms with Gasteiger partial charge in [-0.25, -0.2) is 4.79 Å². The maximum Gasteiger partial charge on any atom is 0.407 e. The van der Waals surface area contributed by atoms with E-state index < -0.39 is 12.1 Å². The van der Waals surface area contributed by atoms with Crippen molar-refractivity contribution in [2.75, 3.05) is 13.2 Å². The van der Waals surface area contributed by atoms with Crippen LogP contribution in [0.2, 0.25) is 0 Å². The van der Waals surface area contributed by atoms with E-state index in [4.69, 9.17) is 9.84 Å². The molecule has 2 aromatic carbocycles. The number of benzene rings is 2. The summed E-state index contributed by atoms with van der Waals surface area (Å²) in [6, 6.07) is 16.5. The minimum Gasteiger partial charge on any atom is -0.481 e. The van der Waals surface area contributed by atoms with Crippen LogP contribution in [0.5, 0.6) is 0 Å². The summed E-state index contributed by atoms with van der Waals surface area (Å²) in [5.74, 6) is -0.666. The molecule has 0 unspecified atom stereocenters. The summed E-state index contributed by atoms with van der Waals surface area (Å²) >= 11 is 0. The third kappa shape index (κ3) is 5.10. The van der Waals surface area contributed by atoms with Gasteiger partial charge in [0, 0.05) is 31.3 Å². The highest BCUT2D eigenvalue weighted by Crippen LogP contribution is 2.44. The van der Waals surface area contributed by atoms with Crippen LogP contribution in [0.3, 0.4) is 0 Å². The number of carbonyl (C=O) groups is 3. The van der Waals surface area contributed by atoms with Crippen molar-refractivity contribution in [3.8, 4) is 11.1 Å². The molecule has 2 amide bonds. The number of rotatable bonds is 9. The van der Waals surface area contributed by atoms with E-state index in [2.05, 4.69) is 34.9 Å². The molecule has 1 saturated carbocycles. The molecule has 0 spiro atoms. The molecular formula is C25H28N2O5. The van der Waals surface area contributed by atoms with Crippen molar-refractivity contribution in [3.63, 3.8) is 0 Å². The summed E-state index contributed by atoms with van der Waals surface area (Å²) in [5, 5.41) is 14.2. The molecule has 0 atom stereocenters. The van der Waals surface area contributed by atoms with E-state index in [0.29, 0.717) is 19.4 Å². The molecule has 2 aliphatic carbocycles. The van der Waals surface area contributed by atoms with Crippen molar-refractivity contribution in [1.82, 2.24) is 10.6 Å². The Balaban J connectivity index is 1.18. The molecule has 3 N–H and O–H groups in total. The number of alkyl carbamates (subject to hydrolysis) is 1. The number of hydrogen-bond donors (Lipinski definition) is 3. The SMILES string of the molecule is O=C(O)CCCNC(=O)CC1CC(NC(=O)OCC2c3ccccc3-c3ccccc32)C1. The third-order valence-electron chi connectivity index (χ3n) is 6.27. The molecule has 2 aliphatic rings. The zero-order valence-electron chi connectivity index (χ0n) is 17.9. The maximum atomic E-state index is 12.3. The molecule has 7 nitrogen and oxygen atoms in total. The van der Waals surface area contributed by atoms with Crippen molar-refractivity contribution >= 4 is 18.0 Å². The highest BCUT2D eigenvalue weighted by atomic mass is 16.5. The van der Waals surface area contributed by atoms with Crippen molar-refractivity contribution in [2.24, 2.45) is 5.92 Å². The van der Waals surface area contributed by atoms with Crippen LogP contribution in [0.1, 0.15) is 49.1 Å². The fraction of sp³-hybridized carbons (Fsp3) is 0.400. The lowest BCUT2D eigenvalue weighted by Crippen LogP contribution is -2.46. The Kier molecular flexibility index (Phi) is 6.73. The molecule has 0 aliphatic heterocycles. The molecule has 0 bridgehead atoms. The zero-order chi connectivity index (χ0) is 22.5. The van der Waals surface area contributed by atoms with Crippen molar-refractivity contribution in [2.45, 2.75) is 44.1 Å². The lowest BCUT2D eigenvalue weighted by atomic mass is 9.78. The van der Waals surface area contributed by atoms with Gasteiger partial charge < -0.3 is 20.5 Å². The smallest absolute Gasteiger partial charge is 0.407 e. The average molecular weight is 437 g/mol. The molecule has 0 saturated heterocycles. The lowest BCUT2D eigenvalue weighted by molar-refractivity contribution is -0.137. The number of fused-ring (bicyclic) bond motifs is 3. The van der Waals surface area contributed by atoms with Gasteiger partial charge in [-0.1, -0.05) is 48.5 Å². The van der Waals surface area contributed by atoms with Crippen LogP contribution in [0.4, 0.5) is 4.79 Å². The van der Waals surface area contributed by atoms with E-state index in [0.717, 1.165) is 12.8 Å². The van der Waals surface area contributed by atoms with Gasteiger partial charge in [-0.3, -0.25) is 9.59 Å². The Morgan fingerprint density at radius 1 is 0.969 bits per heavy atom. The van der Waals surface area contributed by atoms with Crippen LogP contribution in [-0.4, -0.2) is 42.3 Å². The second kappa shape index (κ2) is 9.85. The van der Waals surface area contributed by atoms with Crippen LogP contribution in [-0.2, 0) is 14.3 Å². The molecule has 7 heteroatoms. The monoisotopic (exact) mass is 436 g/mol. The van der Waals surface area contributed by atoms with Gasteiger partial charge in [-0.05, 0) is 47.4 Å². The van der Waals surface area contributed by atoms with Gasteiger partial charge in [-0.15, -0.1) is 0 Å². The molecule has 0 radical (unpaired) electrons. The fourth-order valence-electron chi connectivity index (χ4n) is 4.63. The van der Waals surface area contributed by atoms with Crippen molar-refractivity contribution < 1.29 is 24.2 Å². The normalized spacial score (nSPS) is 18.8. The van der Waals surface area contributed by atoms with E-state index in [1.165, 1.54) is 22.3 Å². The summed E-state index contributed by atoms with van der Waals surface area (Å²) in [5.41, 5.74) is 4.75. The van der Waals surface area contributed by atoms with Gasteiger partial charge in [0.2, 0.25) is 5.91 Å². The van der Waals surface area contributed by atoms with Gasteiger partial charge in [0.1, 0.15) is 6.61 Å². The first-order valence-electron chi connectivity index (χ1n) is 11.1. The van der Waals surface area contributed by atoms with Crippen molar-refractivity contribution in [1.29, 1.82) is 0 Å². The van der Waals surface area contributed by atoms with Crippen LogP contribution in [0.15, 0.2) is 48.5 Å². The second-order valence-corrected chi connectivity index (χ2v) is 8.56. The fourth-order valence-corrected chi connectivity index (χ4v) is 4.63. The van der Waals surface area contributed by atoms with Crippen LogP contribution in [0, 0.1) is 5.92 Å². The summed E-state index contributed by atoms with van der Waals surface area (Å²) < 4.78 is 5.57. The Bertz CT molecular complexity index is 954. The highest BCUT2D eigenvalue weighted by molar-refractivity contribution is 5.79. The molecule has 2 aromatic rings. The number of carboxylic acids is 1. The van der Waals surface area contributed by atoms with Gasteiger partial charge >= 0.3 is 12.1 Å². The second-order valence-electron chi connectivity index (χ2n) is 8.56. The van der Waals surface area contributed by atoms with Crippen LogP contribution < -0.4 is 10.6 Å². The van der Waals surface area contributed by atoms with E-state index >= 15 is 0 Å². The quantitative estimate of drug-likeness (QED) is 0.520. The first kappa shape index (κ1) is 21.9. The lowest BCUT2D eigenvalue weighted by Gasteiger charge is -2.35. The van der Waals surface area contributed by atoms with Crippen molar-refractivity contribution in [3.05, 3.63) is 59.7 Å². The molecule has 32 heavy (non-hydrogen) atoms.